The number of hydrogen-bond acceptors (Lipinski definition) is 4. The highest BCUT2D eigenvalue weighted by molar-refractivity contribution is 7.85. The van der Waals surface area contributed by atoms with E-state index in [1.54, 1.807) is 51.6 Å². The monoisotopic (exact) mass is 347 g/mol. The summed E-state index contributed by atoms with van der Waals surface area (Å²) in [7, 11) is 3.62. The zero-order valence-electron chi connectivity index (χ0n) is 14.0. The molecule has 0 bridgehead atoms. The van der Waals surface area contributed by atoms with Gasteiger partial charge in [-0.3, -0.25) is 9.00 Å². The second kappa shape index (κ2) is 8.49. The van der Waals surface area contributed by atoms with E-state index in [2.05, 4.69) is 0 Å². The molecule has 0 radical (unpaired) electrons. The summed E-state index contributed by atoms with van der Waals surface area (Å²) in [5.74, 6) is 1.35. The van der Waals surface area contributed by atoms with Crippen LogP contribution in [0.15, 0.2) is 53.4 Å². The first kappa shape index (κ1) is 18.0. The molecule has 2 aromatic carbocycles. The lowest BCUT2D eigenvalue weighted by Gasteiger charge is -2.19. The molecular formula is C18H21NO4S. The topological polar surface area (TPSA) is 55.8 Å². The molecule has 0 aliphatic carbocycles. The summed E-state index contributed by atoms with van der Waals surface area (Å²) in [6.07, 6.45) is 0.201. The van der Waals surface area contributed by atoms with Gasteiger partial charge in [-0.2, -0.15) is 0 Å². The van der Waals surface area contributed by atoms with Crippen molar-refractivity contribution in [3.8, 4) is 11.5 Å². The summed E-state index contributed by atoms with van der Waals surface area (Å²) < 4.78 is 22.6. The zero-order valence-corrected chi connectivity index (χ0v) is 14.8. The van der Waals surface area contributed by atoms with E-state index in [-0.39, 0.29) is 12.3 Å². The van der Waals surface area contributed by atoms with Crippen LogP contribution in [0.3, 0.4) is 0 Å². The second-order valence-corrected chi connectivity index (χ2v) is 6.68. The van der Waals surface area contributed by atoms with Crippen LogP contribution >= 0.6 is 0 Å². The first-order chi connectivity index (χ1) is 11.6. The van der Waals surface area contributed by atoms with Gasteiger partial charge in [-0.25, -0.2) is 0 Å². The summed E-state index contributed by atoms with van der Waals surface area (Å²) in [5, 5.41) is 0. The predicted octanol–water partition coefficient (Wildman–Crippen LogP) is 2.86. The van der Waals surface area contributed by atoms with Crippen LogP contribution in [0.5, 0.6) is 11.5 Å². The van der Waals surface area contributed by atoms with Gasteiger partial charge in [-0.05, 0) is 24.3 Å². The Morgan fingerprint density at radius 2 is 1.71 bits per heavy atom. The minimum Gasteiger partial charge on any atom is -0.493 e. The van der Waals surface area contributed by atoms with Crippen LogP contribution in [0.2, 0.25) is 0 Å². The van der Waals surface area contributed by atoms with Gasteiger partial charge in [0.15, 0.2) is 11.5 Å². The number of benzene rings is 2. The highest BCUT2D eigenvalue weighted by Gasteiger charge is 2.15. The molecule has 1 unspecified atom stereocenters. The molecule has 1 atom stereocenters. The first-order valence-electron chi connectivity index (χ1n) is 7.49. The van der Waals surface area contributed by atoms with E-state index in [9.17, 15) is 9.00 Å². The summed E-state index contributed by atoms with van der Waals surface area (Å²) in [6, 6.07) is 14.4. The molecule has 0 fully saturated rings. The highest BCUT2D eigenvalue weighted by atomic mass is 32.2. The summed E-state index contributed by atoms with van der Waals surface area (Å²) in [6.45, 7) is 0. The molecule has 2 rings (SSSR count). The average molecular weight is 347 g/mol. The fourth-order valence-electron chi connectivity index (χ4n) is 2.22. The smallest absolute Gasteiger partial charge is 0.227 e. The molecule has 24 heavy (non-hydrogen) atoms. The Kier molecular flexibility index (Phi) is 6.37. The Morgan fingerprint density at radius 1 is 1.04 bits per heavy atom. The summed E-state index contributed by atoms with van der Waals surface area (Å²) >= 11 is 0. The van der Waals surface area contributed by atoms with Crippen molar-refractivity contribution in [3.05, 3.63) is 48.5 Å². The van der Waals surface area contributed by atoms with E-state index in [1.807, 2.05) is 18.2 Å². The quantitative estimate of drug-likeness (QED) is 0.773. The van der Waals surface area contributed by atoms with Crippen molar-refractivity contribution in [1.29, 1.82) is 0 Å². The third-order valence-corrected chi connectivity index (χ3v) is 5.01. The van der Waals surface area contributed by atoms with Crippen LogP contribution < -0.4 is 14.4 Å². The van der Waals surface area contributed by atoms with Gasteiger partial charge in [-0.15, -0.1) is 0 Å². The summed E-state index contributed by atoms with van der Waals surface area (Å²) in [5.41, 5.74) is 0.697. The van der Waals surface area contributed by atoms with Crippen molar-refractivity contribution in [3.63, 3.8) is 0 Å². The minimum atomic E-state index is -1.18. The molecule has 0 saturated heterocycles. The molecule has 0 aromatic heterocycles. The minimum absolute atomic E-state index is 0.105. The number of anilines is 1. The number of carbonyl (C=O) groups is 1. The van der Waals surface area contributed by atoms with Gasteiger partial charge < -0.3 is 14.4 Å². The maximum Gasteiger partial charge on any atom is 0.227 e. The molecule has 5 nitrogen and oxygen atoms in total. The maximum absolute atomic E-state index is 12.4. The Balaban J connectivity index is 2.01. The van der Waals surface area contributed by atoms with Crippen molar-refractivity contribution in [1.82, 2.24) is 0 Å². The zero-order chi connectivity index (χ0) is 17.5. The van der Waals surface area contributed by atoms with Gasteiger partial charge in [0.05, 0.1) is 25.0 Å². The van der Waals surface area contributed by atoms with Crippen molar-refractivity contribution in [2.75, 3.05) is 31.9 Å². The van der Waals surface area contributed by atoms with E-state index in [0.29, 0.717) is 22.9 Å². The van der Waals surface area contributed by atoms with E-state index < -0.39 is 10.8 Å². The highest BCUT2D eigenvalue weighted by Crippen LogP contribution is 2.31. The fourth-order valence-corrected chi connectivity index (χ4v) is 3.27. The molecule has 0 spiro atoms. The van der Waals surface area contributed by atoms with Gasteiger partial charge >= 0.3 is 0 Å². The number of methoxy groups -OCH3 is 2. The second-order valence-electron chi connectivity index (χ2n) is 5.10. The third kappa shape index (κ3) is 4.35. The molecule has 2 aromatic rings. The average Bonchev–Trinajstić information content (AvgIpc) is 2.65. The Labute approximate surface area is 144 Å². The number of ether oxygens (including phenoxy) is 2. The van der Waals surface area contributed by atoms with Gasteiger partial charge in [-0.1, -0.05) is 18.2 Å². The van der Waals surface area contributed by atoms with E-state index in [0.717, 1.165) is 4.90 Å². The molecule has 0 aliphatic rings. The van der Waals surface area contributed by atoms with E-state index >= 15 is 0 Å². The standard InChI is InChI=1S/C18H21NO4S/c1-19(14-9-10-16(22-2)17(13-14)23-3)18(20)11-12-24(21)15-7-5-4-6-8-15/h4-10,13H,11-12H2,1-3H3. The van der Waals surface area contributed by atoms with Gasteiger partial charge in [0.25, 0.3) is 0 Å². The van der Waals surface area contributed by atoms with Crippen LogP contribution in [-0.4, -0.2) is 37.1 Å². The molecule has 6 heteroatoms. The van der Waals surface area contributed by atoms with Crippen LogP contribution in [0, 0.1) is 0 Å². The van der Waals surface area contributed by atoms with Crippen molar-refractivity contribution < 1.29 is 18.5 Å². The van der Waals surface area contributed by atoms with Gasteiger partial charge in [0.1, 0.15) is 0 Å². The van der Waals surface area contributed by atoms with E-state index in [4.69, 9.17) is 9.47 Å². The Hall–Kier alpha value is -2.34. The first-order valence-corrected chi connectivity index (χ1v) is 8.80. The molecule has 128 valence electrons. The summed E-state index contributed by atoms with van der Waals surface area (Å²) in [4.78, 5) is 14.6. The molecule has 0 heterocycles. The number of nitrogens with zero attached hydrogens (tertiary/aromatic N) is 1. The lowest BCUT2D eigenvalue weighted by Crippen LogP contribution is -2.27. The lowest BCUT2D eigenvalue weighted by atomic mass is 10.2. The van der Waals surface area contributed by atoms with Crippen LogP contribution in [-0.2, 0) is 15.6 Å². The molecule has 0 saturated carbocycles. The van der Waals surface area contributed by atoms with Gasteiger partial charge in [0.2, 0.25) is 5.91 Å². The Morgan fingerprint density at radius 3 is 2.33 bits per heavy atom. The third-order valence-electron chi connectivity index (χ3n) is 3.64. The molecular weight excluding hydrogens is 326 g/mol. The number of rotatable bonds is 7. The predicted molar refractivity (Wildman–Crippen MR) is 95.3 cm³/mol. The largest absolute Gasteiger partial charge is 0.493 e. The molecule has 1 amide bonds. The number of amides is 1. The van der Waals surface area contributed by atoms with Gasteiger partial charge in [0, 0.05) is 35.9 Å². The lowest BCUT2D eigenvalue weighted by molar-refractivity contribution is -0.117. The molecule has 0 N–H and O–H groups in total. The Bertz CT molecular complexity index is 718. The van der Waals surface area contributed by atoms with Crippen LogP contribution in [0.25, 0.3) is 0 Å². The fraction of sp³-hybridized carbons (Fsp3) is 0.278. The number of carbonyl (C=O) groups excluding carboxylic acids is 1. The van der Waals surface area contributed by atoms with E-state index in [1.165, 1.54) is 4.90 Å². The normalized spacial score (nSPS) is 11.6. The van der Waals surface area contributed by atoms with Crippen LogP contribution in [0.1, 0.15) is 6.42 Å². The van der Waals surface area contributed by atoms with Crippen LogP contribution in [0.4, 0.5) is 5.69 Å². The maximum atomic E-state index is 12.4. The molecule has 0 aliphatic heterocycles. The SMILES string of the molecule is COc1ccc(N(C)C(=O)CCS(=O)c2ccccc2)cc1OC. The van der Waals surface area contributed by atoms with Crippen molar-refractivity contribution in [2.45, 2.75) is 11.3 Å². The van der Waals surface area contributed by atoms with Crippen molar-refractivity contribution >= 4 is 22.4 Å². The number of hydrogen-bond donors (Lipinski definition) is 0. The van der Waals surface area contributed by atoms with Crippen molar-refractivity contribution in [2.24, 2.45) is 0 Å².